The highest BCUT2D eigenvalue weighted by molar-refractivity contribution is 6.09. The van der Waals surface area contributed by atoms with E-state index < -0.39 is 5.97 Å². The number of carbonyl (C=O) groups is 1. The number of pyridine rings is 1. The lowest BCUT2D eigenvalue weighted by Gasteiger charge is -2.38. The van der Waals surface area contributed by atoms with E-state index in [9.17, 15) is 9.90 Å². The van der Waals surface area contributed by atoms with Crippen LogP contribution in [0.4, 0.5) is 5.82 Å². The molecule has 1 saturated heterocycles. The fraction of sp³-hybridized carbons (Fsp3) is 0.412. The minimum Gasteiger partial charge on any atom is -0.481 e. The summed E-state index contributed by atoms with van der Waals surface area (Å²) in [7, 11) is 0. The number of fused-ring (bicyclic) bond motifs is 3. The Labute approximate surface area is 138 Å². The van der Waals surface area contributed by atoms with Gasteiger partial charge >= 0.3 is 5.97 Å². The van der Waals surface area contributed by atoms with Gasteiger partial charge in [-0.15, -0.1) is 0 Å². The number of hydrogen-bond donors (Lipinski definition) is 2. The van der Waals surface area contributed by atoms with Crippen LogP contribution in [-0.2, 0) is 4.79 Å². The first-order valence-corrected chi connectivity index (χ1v) is 8.14. The lowest BCUT2D eigenvalue weighted by molar-refractivity contribution is -0.142. The second-order valence-electron chi connectivity index (χ2n) is 6.47. The Bertz CT molecular complexity index is 935. The summed E-state index contributed by atoms with van der Waals surface area (Å²) in [4.78, 5) is 30.3. The number of aryl methyl sites for hydroxylation is 1. The largest absolute Gasteiger partial charge is 0.481 e. The smallest absolute Gasteiger partial charge is 0.308 e. The molecule has 3 aromatic rings. The van der Waals surface area contributed by atoms with Crippen LogP contribution in [0, 0.1) is 12.8 Å². The van der Waals surface area contributed by atoms with Gasteiger partial charge < -0.3 is 15.0 Å². The van der Waals surface area contributed by atoms with Gasteiger partial charge in [-0.3, -0.25) is 4.79 Å². The maximum Gasteiger partial charge on any atom is 0.308 e. The summed E-state index contributed by atoms with van der Waals surface area (Å²) in [5.41, 5.74) is 1.57. The van der Waals surface area contributed by atoms with E-state index in [0.29, 0.717) is 18.8 Å². The topological polar surface area (TPSA) is 95.0 Å². The van der Waals surface area contributed by atoms with Gasteiger partial charge in [0.05, 0.1) is 23.0 Å². The number of aromatic nitrogens is 4. The van der Waals surface area contributed by atoms with Crippen LogP contribution in [0.5, 0.6) is 0 Å². The molecule has 0 aliphatic carbocycles. The average molecular weight is 325 g/mol. The molecule has 0 saturated carbocycles. The van der Waals surface area contributed by atoms with E-state index in [-0.39, 0.29) is 12.0 Å². The number of rotatable bonds is 2. The zero-order valence-corrected chi connectivity index (χ0v) is 13.7. The van der Waals surface area contributed by atoms with E-state index >= 15 is 0 Å². The summed E-state index contributed by atoms with van der Waals surface area (Å²) in [6.45, 7) is 4.45. The standard InChI is InChI=1S/C17H19N5O2/c1-9-3-4-11(17(23)24)8-22(9)16-14-12-5-6-18-15(12)19-7-13(14)20-10(2)21-16/h5-7,9,11H,3-4,8H2,1-2H3,(H,18,19)(H,23,24). The van der Waals surface area contributed by atoms with Crippen molar-refractivity contribution in [3.63, 3.8) is 0 Å². The van der Waals surface area contributed by atoms with Gasteiger partial charge in [0.25, 0.3) is 0 Å². The fourth-order valence-electron chi connectivity index (χ4n) is 3.54. The summed E-state index contributed by atoms with van der Waals surface area (Å²) in [6, 6.07) is 2.20. The fourth-order valence-corrected chi connectivity index (χ4v) is 3.54. The van der Waals surface area contributed by atoms with Crippen molar-refractivity contribution >= 4 is 33.7 Å². The number of piperidine rings is 1. The van der Waals surface area contributed by atoms with Crippen molar-refractivity contribution < 1.29 is 9.90 Å². The number of carboxylic acids is 1. The lowest BCUT2D eigenvalue weighted by Crippen LogP contribution is -2.44. The number of nitrogens with one attached hydrogen (secondary N) is 1. The summed E-state index contributed by atoms with van der Waals surface area (Å²) in [5, 5.41) is 11.3. The number of hydrogen-bond acceptors (Lipinski definition) is 5. The van der Waals surface area contributed by atoms with E-state index in [1.807, 2.05) is 19.2 Å². The van der Waals surface area contributed by atoms with E-state index in [2.05, 4.69) is 31.8 Å². The molecule has 1 aliphatic heterocycles. The summed E-state index contributed by atoms with van der Waals surface area (Å²) in [6.07, 6.45) is 5.13. The molecule has 4 rings (SSSR count). The minimum atomic E-state index is -0.740. The Morgan fingerprint density at radius 1 is 1.38 bits per heavy atom. The average Bonchev–Trinajstić information content (AvgIpc) is 3.02. The maximum atomic E-state index is 11.5. The molecule has 24 heavy (non-hydrogen) atoms. The molecule has 7 nitrogen and oxygen atoms in total. The van der Waals surface area contributed by atoms with Gasteiger partial charge in [-0.1, -0.05) is 0 Å². The first-order chi connectivity index (χ1) is 11.5. The number of anilines is 1. The number of nitrogens with zero attached hydrogens (tertiary/aromatic N) is 4. The van der Waals surface area contributed by atoms with Crippen LogP contribution in [0.3, 0.4) is 0 Å². The Kier molecular flexibility index (Phi) is 3.37. The second-order valence-corrected chi connectivity index (χ2v) is 6.47. The van der Waals surface area contributed by atoms with Crippen molar-refractivity contribution in [1.82, 2.24) is 19.9 Å². The summed E-state index contributed by atoms with van der Waals surface area (Å²) < 4.78 is 0. The highest BCUT2D eigenvalue weighted by atomic mass is 16.4. The van der Waals surface area contributed by atoms with E-state index in [4.69, 9.17) is 0 Å². The van der Waals surface area contributed by atoms with Crippen molar-refractivity contribution in [2.45, 2.75) is 32.7 Å². The predicted molar refractivity (Wildman–Crippen MR) is 91.1 cm³/mol. The summed E-state index contributed by atoms with van der Waals surface area (Å²) in [5.74, 6) is 0.368. The molecule has 2 unspecified atom stereocenters. The normalized spacial score (nSPS) is 21.5. The highest BCUT2D eigenvalue weighted by Gasteiger charge is 2.32. The third kappa shape index (κ3) is 2.28. The molecule has 7 heteroatoms. The van der Waals surface area contributed by atoms with Crippen molar-refractivity contribution in [3.05, 3.63) is 24.3 Å². The van der Waals surface area contributed by atoms with Gasteiger partial charge in [-0.2, -0.15) is 0 Å². The molecule has 4 heterocycles. The number of carboxylic acid groups (broad SMARTS) is 1. The molecule has 0 spiro atoms. The van der Waals surface area contributed by atoms with Crippen molar-refractivity contribution in [2.24, 2.45) is 5.92 Å². The van der Waals surface area contributed by atoms with Gasteiger partial charge in [-0.25, -0.2) is 15.0 Å². The van der Waals surface area contributed by atoms with Gasteiger partial charge in [0.15, 0.2) is 0 Å². The molecule has 0 radical (unpaired) electrons. The minimum absolute atomic E-state index is 0.236. The monoisotopic (exact) mass is 325 g/mol. The third-order valence-corrected chi connectivity index (χ3v) is 4.84. The number of H-pyrrole nitrogens is 1. The van der Waals surface area contributed by atoms with Crippen LogP contribution in [0.2, 0.25) is 0 Å². The first kappa shape index (κ1) is 14.9. The van der Waals surface area contributed by atoms with E-state index in [0.717, 1.165) is 34.2 Å². The summed E-state index contributed by atoms with van der Waals surface area (Å²) >= 11 is 0. The SMILES string of the molecule is Cc1nc(N2CC(C(=O)O)CCC2C)c2c(cnc3[nH]ccc32)n1. The Morgan fingerprint density at radius 2 is 2.21 bits per heavy atom. The maximum absolute atomic E-state index is 11.5. The van der Waals surface area contributed by atoms with Crippen LogP contribution in [-0.4, -0.2) is 43.6 Å². The first-order valence-electron chi connectivity index (χ1n) is 8.14. The van der Waals surface area contributed by atoms with Crippen molar-refractivity contribution in [3.8, 4) is 0 Å². The lowest BCUT2D eigenvalue weighted by atomic mass is 9.93. The Balaban J connectivity index is 1.94. The molecular formula is C17H19N5O2. The van der Waals surface area contributed by atoms with Crippen molar-refractivity contribution in [2.75, 3.05) is 11.4 Å². The zero-order valence-electron chi connectivity index (χ0n) is 13.7. The molecule has 0 aromatic carbocycles. The predicted octanol–water partition coefficient (Wildman–Crippen LogP) is 2.50. The molecule has 124 valence electrons. The van der Waals surface area contributed by atoms with Gasteiger partial charge in [0.1, 0.15) is 17.3 Å². The van der Waals surface area contributed by atoms with Gasteiger partial charge in [-0.05, 0) is 32.8 Å². The molecule has 0 amide bonds. The van der Waals surface area contributed by atoms with Gasteiger partial charge in [0, 0.05) is 24.2 Å². The number of aliphatic carboxylic acids is 1. The molecule has 1 aliphatic rings. The molecule has 2 atom stereocenters. The van der Waals surface area contributed by atoms with Crippen LogP contribution in [0.15, 0.2) is 18.5 Å². The van der Waals surface area contributed by atoms with Crippen LogP contribution >= 0.6 is 0 Å². The van der Waals surface area contributed by atoms with E-state index in [1.165, 1.54) is 0 Å². The third-order valence-electron chi connectivity index (χ3n) is 4.84. The van der Waals surface area contributed by atoms with E-state index in [1.54, 1.807) is 6.20 Å². The quantitative estimate of drug-likeness (QED) is 0.751. The molecule has 1 fully saturated rings. The van der Waals surface area contributed by atoms with Crippen LogP contribution in [0.25, 0.3) is 21.9 Å². The zero-order chi connectivity index (χ0) is 16.8. The van der Waals surface area contributed by atoms with Crippen LogP contribution in [0.1, 0.15) is 25.6 Å². The Hall–Kier alpha value is -2.70. The highest BCUT2D eigenvalue weighted by Crippen LogP contribution is 2.34. The second kappa shape index (κ2) is 5.43. The number of aromatic amines is 1. The molecule has 3 aromatic heterocycles. The Morgan fingerprint density at radius 3 is 3.00 bits per heavy atom. The van der Waals surface area contributed by atoms with Crippen LogP contribution < -0.4 is 4.90 Å². The van der Waals surface area contributed by atoms with Gasteiger partial charge in [0.2, 0.25) is 0 Å². The molecular weight excluding hydrogens is 306 g/mol. The molecule has 0 bridgehead atoms. The molecule has 2 N–H and O–H groups in total. The van der Waals surface area contributed by atoms with Crippen molar-refractivity contribution in [1.29, 1.82) is 0 Å².